The molecule has 2 N–H and O–H groups in total. The molecule has 0 aliphatic heterocycles. The fourth-order valence-electron chi connectivity index (χ4n) is 2.73. The van der Waals surface area contributed by atoms with E-state index < -0.39 is 0 Å². The summed E-state index contributed by atoms with van der Waals surface area (Å²) in [6, 6.07) is 9.64. The Morgan fingerprint density at radius 3 is 2.79 bits per heavy atom. The molecule has 5 aromatic rings. The van der Waals surface area contributed by atoms with Crippen molar-refractivity contribution in [1.82, 2.24) is 35.1 Å². The van der Waals surface area contributed by atoms with Gasteiger partial charge in [0.05, 0.1) is 17.4 Å². The predicted octanol–water partition coefficient (Wildman–Crippen LogP) is 2.96. The predicted molar refractivity (Wildman–Crippen MR) is 90.0 cm³/mol. The molecule has 7 heteroatoms. The maximum absolute atomic E-state index is 4.57. The summed E-state index contributed by atoms with van der Waals surface area (Å²) >= 11 is 0. The first-order chi connectivity index (χ1) is 11.9. The monoisotopic (exact) mass is 313 g/mol. The van der Waals surface area contributed by atoms with E-state index in [1.54, 1.807) is 24.8 Å². The molecule has 5 rings (SSSR count). The van der Waals surface area contributed by atoms with Crippen molar-refractivity contribution in [1.29, 1.82) is 0 Å². The Morgan fingerprint density at radius 1 is 0.958 bits per heavy atom. The van der Waals surface area contributed by atoms with Crippen LogP contribution in [-0.4, -0.2) is 35.1 Å². The van der Waals surface area contributed by atoms with Crippen molar-refractivity contribution < 1.29 is 0 Å². The maximum Gasteiger partial charge on any atom is 0.160 e. The van der Waals surface area contributed by atoms with Crippen LogP contribution in [0.2, 0.25) is 0 Å². The van der Waals surface area contributed by atoms with Gasteiger partial charge in [0.25, 0.3) is 0 Å². The third-order valence-corrected chi connectivity index (χ3v) is 3.88. The van der Waals surface area contributed by atoms with E-state index in [2.05, 4.69) is 35.1 Å². The summed E-state index contributed by atoms with van der Waals surface area (Å²) in [4.78, 5) is 20.7. The van der Waals surface area contributed by atoms with Crippen LogP contribution in [0.3, 0.4) is 0 Å². The van der Waals surface area contributed by atoms with Crippen molar-refractivity contribution in [3.63, 3.8) is 0 Å². The number of imidazole rings is 1. The minimum absolute atomic E-state index is 0.679. The molecule has 5 aromatic heterocycles. The van der Waals surface area contributed by atoms with Gasteiger partial charge in [-0.1, -0.05) is 0 Å². The van der Waals surface area contributed by atoms with E-state index >= 15 is 0 Å². The highest BCUT2D eigenvalue weighted by Crippen LogP contribution is 2.28. The van der Waals surface area contributed by atoms with Crippen LogP contribution < -0.4 is 0 Å². The Balaban J connectivity index is 1.71. The average Bonchev–Trinajstić information content (AvgIpc) is 3.25. The molecule has 0 amide bonds. The maximum atomic E-state index is 4.57. The number of fused-ring (bicyclic) bond motifs is 2. The van der Waals surface area contributed by atoms with Gasteiger partial charge >= 0.3 is 0 Å². The molecule has 5 heterocycles. The van der Waals surface area contributed by atoms with E-state index in [9.17, 15) is 0 Å². The van der Waals surface area contributed by atoms with Crippen molar-refractivity contribution in [3.05, 3.63) is 55.1 Å². The zero-order valence-electron chi connectivity index (χ0n) is 12.4. The first-order valence-electron chi connectivity index (χ1n) is 7.44. The van der Waals surface area contributed by atoms with Gasteiger partial charge in [-0.2, -0.15) is 5.10 Å². The molecule has 0 spiro atoms. The summed E-state index contributed by atoms with van der Waals surface area (Å²) in [6.07, 6.45) is 7.04. The summed E-state index contributed by atoms with van der Waals surface area (Å²) in [7, 11) is 0. The molecular weight excluding hydrogens is 302 g/mol. The Hall–Kier alpha value is -3.61. The smallest absolute Gasteiger partial charge is 0.160 e. The minimum atomic E-state index is 0.679. The molecule has 114 valence electrons. The summed E-state index contributed by atoms with van der Waals surface area (Å²) in [5.41, 5.74) is 4.95. The third kappa shape index (κ3) is 1.95. The van der Waals surface area contributed by atoms with Crippen LogP contribution in [0, 0.1) is 0 Å². The Bertz CT molecular complexity index is 1120. The number of hydrogen-bond acceptors (Lipinski definition) is 5. The van der Waals surface area contributed by atoms with Crippen molar-refractivity contribution >= 4 is 22.1 Å². The first kappa shape index (κ1) is 12.9. The molecule has 0 unspecified atom stereocenters. The van der Waals surface area contributed by atoms with Gasteiger partial charge in [0, 0.05) is 29.5 Å². The van der Waals surface area contributed by atoms with Gasteiger partial charge in [-0.25, -0.2) is 9.97 Å². The van der Waals surface area contributed by atoms with Crippen LogP contribution in [-0.2, 0) is 0 Å². The Labute approximate surface area is 135 Å². The van der Waals surface area contributed by atoms with Crippen LogP contribution in [0.25, 0.3) is 44.8 Å². The van der Waals surface area contributed by atoms with Gasteiger partial charge in [0.2, 0.25) is 0 Å². The van der Waals surface area contributed by atoms with E-state index in [4.69, 9.17) is 0 Å². The van der Waals surface area contributed by atoms with E-state index in [0.717, 1.165) is 39.0 Å². The standard InChI is InChI=1S/C17H11N7/c1-3-10(8-18-5-1)13-7-11-14(9-20-13)23-24-15(11)17-21-12-4-2-6-19-16(12)22-17/h1-9H,(H,23,24)(H,19,21,22). The van der Waals surface area contributed by atoms with Crippen LogP contribution in [0.1, 0.15) is 0 Å². The average molecular weight is 313 g/mol. The summed E-state index contributed by atoms with van der Waals surface area (Å²) in [5, 5.41) is 8.34. The van der Waals surface area contributed by atoms with Gasteiger partial charge in [-0.15, -0.1) is 0 Å². The van der Waals surface area contributed by atoms with Crippen LogP contribution in [0.5, 0.6) is 0 Å². The number of rotatable bonds is 2. The van der Waals surface area contributed by atoms with Crippen molar-refractivity contribution in [2.45, 2.75) is 0 Å². The number of H-pyrrole nitrogens is 2. The number of hydrogen-bond donors (Lipinski definition) is 2. The fraction of sp³-hybridized carbons (Fsp3) is 0. The number of aromatic amines is 2. The molecule has 0 saturated carbocycles. The lowest BCUT2D eigenvalue weighted by Gasteiger charge is -2.00. The second kappa shape index (κ2) is 4.95. The van der Waals surface area contributed by atoms with Gasteiger partial charge in [0.1, 0.15) is 11.2 Å². The number of nitrogens with zero attached hydrogens (tertiary/aromatic N) is 5. The lowest BCUT2D eigenvalue weighted by atomic mass is 10.1. The second-order valence-corrected chi connectivity index (χ2v) is 5.39. The second-order valence-electron chi connectivity index (χ2n) is 5.39. The summed E-state index contributed by atoms with van der Waals surface area (Å²) < 4.78 is 0. The van der Waals surface area contributed by atoms with Crippen molar-refractivity contribution in [2.75, 3.05) is 0 Å². The lowest BCUT2D eigenvalue weighted by Crippen LogP contribution is -1.85. The van der Waals surface area contributed by atoms with Gasteiger partial charge in [-0.05, 0) is 30.3 Å². The molecule has 0 aliphatic carbocycles. The zero-order valence-corrected chi connectivity index (χ0v) is 12.4. The van der Waals surface area contributed by atoms with E-state index in [1.807, 2.05) is 30.3 Å². The topological polar surface area (TPSA) is 96.0 Å². The third-order valence-electron chi connectivity index (χ3n) is 3.88. The normalized spacial score (nSPS) is 11.3. The molecule has 0 fully saturated rings. The highest BCUT2D eigenvalue weighted by Gasteiger charge is 2.14. The van der Waals surface area contributed by atoms with Crippen molar-refractivity contribution in [3.8, 4) is 22.8 Å². The largest absolute Gasteiger partial charge is 0.321 e. The van der Waals surface area contributed by atoms with E-state index in [-0.39, 0.29) is 0 Å². The van der Waals surface area contributed by atoms with Crippen molar-refractivity contribution in [2.24, 2.45) is 0 Å². The summed E-state index contributed by atoms with van der Waals surface area (Å²) in [5.74, 6) is 0.679. The molecule has 0 aromatic carbocycles. The molecule has 24 heavy (non-hydrogen) atoms. The number of nitrogens with one attached hydrogen (secondary N) is 2. The number of aromatic nitrogens is 7. The fourth-order valence-corrected chi connectivity index (χ4v) is 2.73. The van der Waals surface area contributed by atoms with Crippen LogP contribution in [0.4, 0.5) is 0 Å². The quantitative estimate of drug-likeness (QED) is 0.522. The summed E-state index contributed by atoms with van der Waals surface area (Å²) in [6.45, 7) is 0. The van der Waals surface area contributed by atoms with Crippen LogP contribution in [0.15, 0.2) is 55.1 Å². The van der Waals surface area contributed by atoms with Crippen LogP contribution >= 0.6 is 0 Å². The highest BCUT2D eigenvalue weighted by atomic mass is 15.1. The van der Waals surface area contributed by atoms with E-state index in [1.165, 1.54) is 0 Å². The van der Waals surface area contributed by atoms with E-state index in [0.29, 0.717) is 5.82 Å². The molecular formula is C17H11N7. The molecule has 0 atom stereocenters. The van der Waals surface area contributed by atoms with Gasteiger partial charge in [0.15, 0.2) is 11.5 Å². The Morgan fingerprint density at radius 2 is 1.92 bits per heavy atom. The molecule has 7 nitrogen and oxygen atoms in total. The Kier molecular flexibility index (Phi) is 2.66. The lowest BCUT2D eigenvalue weighted by molar-refractivity contribution is 1.10. The molecule has 0 saturated heterocycles. The highest BCUT2D eigenvalue weighted by molar-refractivity contribution is 5.94. The minimum Gasteiger partial charge on any atom is -0.321 e. The first-order valence-corrected chi connectivity index (χ1v) is 7.44. The number of pyridine rings is 3. The molecule has 0 aliphatic rings. The zero-order chi connectivity index (χ0) is 15.9. The van der Waals surface area contributed by atoms with Gasteiger partial charge < -0.3 is 4.98 Å². The SMILES string of the molecule is c1cncc(-c2cc3c(-c4nc5cccnc5[nH]4)n[nH]c3cn2)c1. The molecule has 0 radical (unpaired) electrons. The molecule has 0 bridgehead atoms. The van der Waals surface area contributed by atoms with Gasteiger partial charge in [-0.3, -0.25) is 15.1 Å².